The number of hydrogen-bond donors (Lipinski definition) is 0. The van der Waals surface area contributed by atoms with E-state index in [2.05, 4.69) is 0 Å². The summed E-state index contributed by atoms with van der Waals surface area (Å²) in [6.07, 6.45) is 5.57. The molecular formula is C16H20ClN3O3S. The number of carbonyl (C=O) groups excluding carboxylic acids is 1. The van der Waals surface area contributed by atoms with Crippen molar-refractivity contribution in [2.24, 2.45) is 0 Å². The lowest BCUT2D eigenvalue weighted by molar-refractivity contribution is -0.380. The zero-order valence-corrected chi connectivity index (χ0v) is 15.3. The van der Waals surface area contributed by atoms with Crippen molar-refractivity contribution >= 4 is 33.8 Å². The van der Waals surface area contributed by atoms with E-state index in [1.165, 1.54) is 11.6 Å². The summed E-state index contributed by atoms with van der Waals surface area (Å²) in [5, 5.41) is 11.8. The van der Waals surface area contributed by atoms with Crippen LogP contribution in [0.15, 0.2) is 34.9 Å². The molecule has 1 amide bonds. The lowest BCUT2D eigenvalue weighted by Crippen LogP contribution is -2.37. The van der Waals surface area contributed by atoms with Crippen molar-refractivity contribution in [3.63, 3.8) is 0 Å². The van der Waals surface area contributed by atoms with E-state index in [1.54, 1.807) is 25.1 Å². The summed E-state index contributed by atoms with van der Waals surface area (Å²) < 4.78 is 0. The monoisotopic (exact) mass is 369 g/mol. The van der Waals surface area contributed by atoms with E-state index in [0.717, 1.165) is 34.1 Å². The molecule has 1 aliphatic rings. The molecule has 2 rings (SSSR count). The third-order valence-electron chi connectivity index (χ3n) is 3.68. The highest BCUT2D eigenvalue weighted by atomic mass is 35.5. The fourth-order valence-electron chi connectivity index (χ4n) is 2.34. The van der Waals surface area contributed by atoms with Gasteiger partial charge in [-0.05, 0) is 25.0 Å². The summed E-state index contributed by atoms with van der Waals surface area (Å²) in [5.41, 5.74) is 1.21. The first kappa shape index (κ1) is 18.6. The van der Waals surface area contributed by atoms with Crippen LogP contribution < -0.4 is 0 Å². The number of thiophene rings is 1. The fourth-order valence-corrected chi connectivity index (χ4v) is 3.36. The van der Waals surface area contributed by atoms with Gasteiger partial charge >= 0.3 is 5.00 Å². The maximum atomic E-state index is 12.1. The molecule has 0 spiro atoms. The lowest BCUT2D eigenvalue weighted by Gasteiger charge is -2.25. The van der Waals surface area contributed by atoms with Crippen LogP contribution in [-0.2, 0) is 11.3 Å². The minimum absolute atomic E-state index is 0.00559. The molecule has 0 aromatic carbocycles. The standard InChI is InChI=1S/C16H20ClN3O3S/c1-18(2)15(21)11-19(9-12-3-5-13(17)6-4-12)10-14-7-8-16(24-14)20(22)23/h3,5,7-8H,4,6,9-11H2,1-2H3. The summed E-state index contributed by atoms with van der Waals surface area (Å²) in [6.45, 7) is 1.42. The highest BCUT2D eigenvalue weighted by Crippen LogP contribution is 2.26. The van der Waals surface area contributed by atoms with Crippen molar-refractivity contribution in [3.8, 4) is 0 Å². The predicted octanol–water partition coefficient (Wildman–Crippen LogP) is 3.39. The summed E-state index contributed by atoms with van der Waals surface area (Å²) in [5.74, 6) is 0.00559. The molecule has 130 valence electrons. The van der Waals surface area contributed by atoms with Crippen molar-refractivity contribution in [3.05, 3.63) is 49.9 Å². The van der Waals surface area contributed by atoms with Crippen molar-refractivity contribution in [1.29, 1.82) is 0 Å². The highest BCUT2D eigenvalue weighted by Gasteiger charge is 2.18. The third-order valence-corrected chi connectivity index (χ3v) is 5.01. The van der Waals surface area contributed by atoms with Crippen LogP contribution in [0.25, 0.3) is 0 Å². The van der Waals surface area contributed by atoms with E-state index in [4.69, 9.17) is 11.6 Å². The van der Waals surface area contributed by atoms with E-state index in [-0.39, 0.29) is 22.4 Å². The molecular weight excluding hydrogens is 350 g/mol. The fraction of sp³-hybridized carbons (Fsp3) is 0.438. The summed E-state index contributed by atoms with van der Waals surface area (Å²) >= 11 is 7.14. The number of nitrogens with zero attached hydrogens (tertiary/aromatic N) is 3. The van der Waals surface area contributed by atoms with Gasteiger partial charge in [-0.3, -0.25) is 19.8 Å². The Balaban J connectivity index is 2.09. The molecule has 0 fully saturated rings. The number of halogens is 1. The number of carbonyl (C=O) groups is 1. The maximum absolute atomic E-state index is 12.1. The number of nitro groups is 1. The molecule has 6 nitrogen and oxygen atoms in total. The zero-order valence-electron chi connectivity index (χ0n) is 13.7. The molecule has 0 unspecified atom stereocenters. The van der Waals surface area contributed by atoms with E-state index in [1.807, 2.05) is 17.1 Å². The minimum atomic E-state index is -0.389. The molecule has 0 saturated heterocycles. The molecule has 1 aromatic heterocycles. The number of amides is 1. The molecule has 1 aliphatic carbocycles. The SMILES string of the molecule is CN(C)C(=O)CN(CC1=CC=C(Cl)CC1)Cc1ccc([N+](=O)[O-])s1. The second-order valence-electron chi connectivity index (χ2n) is 5.87. The van der Waals surface area contributed by atoms with Crippen LogP contribution in [-0.4, -0.2) is 47.8 Å². The van der Waals surface area contributed by atoms with Crippen molar-refractivity contribution < 1.29 is 9.72 Å². The molecule has 0 saturated carbocycles. The Morgan fingerprint density at radius 2 is 2.04 bits per heavy atom. The van der Waals surface area contributed by atoms with E-state index in [0.29, 0.717) is 13.1 Å². The first-order valence-electron chi connectivity index (χ1n) is 7.55. The Morgan fingerprint density at radius 1 is 1.29 bits per heavy atom. The average molecular weight is 370 g/mol. The van der Waals surface area contributed by atoms with Gasteiger partial charge in [-0.15, -0.1) is 0 Å². The van der Waals surface area contributed by atoms with Crippen molar-refractivity contribution in [1.82, 2.24) is 9.80 Å². The van der Waals surface area contributed by atoms with Crippen LogP contribution in [0.1, 0.15) is 17.7 Å². The van der Waals surface area contributed by atoms with Gasteiger partial charge in [-0.1, -0.05) is 34.6 Å². The van der Waals surface area contributed by atoms with Gasteiger partial charge in [-0.2, -0.15) is 0 Å². The van der Waals surface area contributed by atoms with Crippen LogP contribution in [0.5, 0.6) is 0 Å². The molecule has 0 radical (unpaired) electrons. The van der Waals surface area contributed by atoms with E-state index in [9.17, 15) is 14.9 Å². The van der Waals surface area contributed by atoms with Crippen LogP contribution in [0.2, 0.25) is 0 Å². The predicted molar refractivity (Wildman–Crippen MR) is 96.2 cm³/mol. The Morgan fingerprint density at radius 3 is 2.58 bits per heavy atom. The quantitative estimate of drug-likeness (QED) is 0.545. The second-order valence-corrected chi connectivity index (χ2v) is 7.50. The molecule has 1 heterocycles. The van der Waals surface area contributed by atoms with Gasteiger partial charge < -0.3 is 4.90 Å². The number of hydrogen-bond acceptors (Lipinski definition) is 5. The number of allylic oxidation sites excluding steroid dienone is 3. The maximum Gasteiger partial charge on any atom is 0.324 e. The third kappa shape index (κ3) is 5.43. The molecule has 0 atom stereocenters. The van der Waals surface area contributed by atoms with Gasteiger partial charge in [0.2, 0.25) is 5.91 Å². The summed E-state index contributed by atoms with van der Waals surface area (Å²) in [7, 11) is 3.44. The lowest BCUT2D eigenvalue weighted by atomic mass is 10.0. The van der Waals surface area contributed by atoms with Crippen molar-refractivity contribution in [2.45, 2.75) is 19.4 Å². The first-order valence-corrected chi connectivity index (χ1v) is 8.74. The topological polar surface area (TPSA) is 66.7 Å². The van der Waals surface area contributed by atoms with Crippen LogP contribution in [0, 0.1) is 10.1 Å². The van der Waals surface area contributed by atoms with Crippen LogP contribution >= 0.6 is 22.9 Å². The van der Waals surface area contributed by atoms with Gasteiger partial charge in [0, 0.05) is 43.2 Å². The zero-order chi connectivity index (χ0) is 17.7. The molecule has 0 N–H and O–H groups in total. The Labute approximate surface area is 150 Å². The largest absolute Gasteiger partial charge is 0.348 e. The second kappa shape index (κ2) is 8.41. The van der Waals surface area contributed by atoms with Gasteiger partial charge in [0.15, 0.2) is 0 Å². The summed E-state index contributed by atoms with van der Waals surface area (Å²) in [4.78, 5) is 27.0. The first-order chi connectivity index (χ1) is 11.3. The molecule has 24 heavy (non-hydrogen) atoms. The van der Waals surface area contributed by atoms with Crippen LogP contribution in [0.3, 0.4) is 0 Å². The van der Waals surface area contributed by atoms with Gasteiger partial charge in [0.1, 0.15) is 0 Å². The van der Waals surface area contributed by atoms with Gasteiger partial charge in [-0.25, -0.2) is 0 Å². The highest BCUT2D eigenvalue weighted by molar-refractivity contribution is 7.15. The molecule has 0 bridgehead atoms. The Hall–Kier alpha value is -1.70. The Bertz CT molecular complexity index is 682. The van der Waals surface area contributed by atoms with E-state index < -0.39 is 0 Å². The average Bonchev–Trinajstić information content (AvgIpc) is 2.98. The number of likely N-dealkylation sites (N-methyl/N-ethyl adjacent to an activating group) is 1. The smallest absolute Gasteiger partial charge is 0.324 e. The molecule has 0 aliphatic heterocycles. The van der Waals surface area contributed by atoms with Crippen molar-refractivity contribution in [2.75, 3.05) is 27.2 Å². The number of rotatable bonds is 7. The Kier molecular flexibility index (Phi) is 6.53. The summed E-state index contributed by atoms with van der Waals surface area (Å²) in [6, 6.07) is 3.26. The van der Waals surface area contributed by atoms with Crippen LogP contribution in [0.4, 0.5) is 5.00 Å². The molecule has 8 heteroatoms. The normalized spacial score (nSPS) is 14.3. The van der Waals surface area contributed by atoms with Gasteiger partial charge in [0.05, 0.1) is 11.5 Å². The van der Waals surface area contributed by atoms with Gasteiger partial charge in [0.25, 0.3) is 0 Å². The van der Waals surface area contributed by atoms with E-state index >= 15 is 0 Å². The molecule has 1 aromatic rings. The minimum Gasteiger partial charge on any atom is -0.348 e.